The minimum Gasteiger partial charge on any atom is -0.394 e. The highest BCUT2D eigenvalue weighted by Gasteiger charge is 2.28. The van der Waals surface area contributed by atoms with Gasteiger partial charge in [-0.3, -0.25) is 4.57 Å². The van der Waals surface area contributed by atoms with E-state index >= 15 is 0 Å². The maximum Gasteiger partial charge on any atom is 0.249 e. The van der Waals surface area contributed by atoms with Crippen molar-refractivity contribution < 1.29 is 19.9 Å². The van der Waals surface area contributed by atoms with Crippen LogP contribution in [-0.2, 0) is 4.57 Å². The Morgan fingerprint density at radius 3 is 1.79 bits per heavy atom. The van der Waals surface area contributed by atoms with Crippen LogP contribution in [0.15, 0.2) is 0 Å². The first-order chi connectivity index (χ1) is 6.52. The molecule has 2 atom stereocenters. The van der Waals surface area contributed by atoms with Gasteiger partial charge in [0.2, 0.25) is 8.61 Å². The molecule has 5 N–H and O–H groups in total. The van der Waals surface area contributed by atoms with E-state index in [2.05, 4.69) is 0 Å². The van der Waals surface area contributed by atoms with Crippen molar-refractivity contribution in [3.8, 4) is 0 Å². The van der Waals surface area contributed by atoms with Gasteiger partial charge in [-0.2, -0.15) is 0 Å². The summed E-state index contributed by atoms with van der Waals surface area (Å²) in [5.41, 5.74) is 3.94. The number of nitrogens with zero attached hydrogens (tertiary/aromatic N) is 1. The molecule has 2 unspecified atom stereocenters. The van der Waals surface area contributed by atoms with Crippen LogP contribution in [0.2, 0.25) is 0 Å². The monoisotopic (exact) mass is 224 g/mol. The summed E-state index contributed by atoms with van der Waals surface area (Å²) in [4.78, 5) is 0. The van der Waals surface area contributed by atoms with Gasteiger partial charge < -0.3 is 21.1 Å². The Bertz CT molecular complexity index is 169. The molecule has 1 aliphatic heterocycles. The number of aliphatic hydroxyl groups is 3. The lowest BCUT2D eigenvalue weighted by Gasteiger charge is -2.20. The molecule has 0 aromatic rings. The summed E-state index contributed by atoms with van der Waals surface area (Å²) in [5, 5.41) is 25.0. The van der Waals surface area contributed by atoms with E-state index in [-0.39, 0.29) is 8.61 Å². The Hall–Kier alpha value is -0.100. The average Bonchev–Trinajstić information content (AvgIpc) is 2.94. The van der Waals surface area contributed by atoms with Gasteiger partial charge in [0, 0.05) is 12.6 Å². The average molecular weight is 224 g/mol. The third-order valence-corrected chi connectivity index (χ3v) is 2.64. The molecule has 6 nitrogen and oxygen atoms in total. The van der Waals surface area contributed by atoms with Gasteiger partial charge in [-0.1, -0.05) is 0 Å². The van der Waals surface area contributed by atoms with Crippen molar-refractivity contribution in [3.63, 3.8) is 0 Å². The van der Waals surface area contributed by atoms with E-state index in [0.717, 1.165) is 6.54 Å². The number of hydrogen-bond acceptors (Lipinski definition) is 5. The van der Waals surface area contributed by atoms with Crippen LogP contribution in [0.25, 0.3) is 0 Å². The largest absolute Gasteiger partial charge is 0.394 e. The zero-order chi connectivity index (χ0) is 11.2. The molecule has 1 fully saturated rings. The van der Waals surface area contributed by atoms with Gasteiger partial charge in [0.15, 0.2) is 0 Å². The summed E-state index contributed by atoms with van der Waals surface area (Å²) in [6.07, 6.45) is 0. The van der Waals surface area contributed by atoms with E-state index in [9.17, 15) is 4.57 Å². The third kappa shape index (κ3) is 4.95. The summed E-state index contributed by atoms with van der Waals surface area (Å²) in [5.74, 6) is 0. The molecule has 0 bridgehead atoms. The Balaban J connectivity index is 0.000000249. The first-order valence-electron chi connectivity index (χ1n) is 4.24. The van der Waals surface area contributed by atoms with Crippen LogP contribution >= 0.6 is 8.61 Å². The molecule has 84 valence electrons. The zero-order valence-corrected chi connectivity index (χ0v) is 9.02. The van der Waals surface area contributed by atoms with Gasteiger partial charge in [0.25, 0.3) is 0 Å². The van der Waals surface area contributed by atoms with Crippen molar-refractivity contribution in [1.82, 2.24) is 4.67 Å². The second-order valence-corrected chi connectivity index (χ2v) is 4.07. The molecule has 0 aromatic carbocycles. The molecule has 0 aliphatic carbocycles. The Kier molecular flexibility index (Phi) is 6.35. The van der Waals surface area contributed by atoms with E-state index < -0.39 is 25.4 Å². The predicted molar refractivity (Wildman–Crippen MR) is 52.0 cm³/mol. The van der Waals surface area contributed by atoms with Crippen LogP contribution < -0.4 is 5.73 Å². The predicted octanol–water partition coefficient (Wildman–Crippen LogP) is -1.44. The molecule has 7 heteroatoms. The lowest BCUT2D eigenvalue weighted by Crippen LogP contribution is -2.50. The second kappa shape index (κ2) is 6.40. The molecule has 0 aromatic heterocycles. The highest BCUT2D eigenvalue weighted by Crippen LogP contribution is 2.24. The maximum atomic E-state index is 9.80. The van der Waals surface area contributed by atoms with Crippen LogP contribution in [0.1, 0.15) is 6.92 Å². The topological polar surface area (TPSA) is 107 Å². The molecule has 0 radical (unpaired) electrons. The zero-order valence-electron chi connectivity index (χ0n) is 8.13. The fourth-order valence-corrected chi connectivity index (χ4v) is 0.951. The van der Waals surface area contributed by atoms with Crippen molar-refractivity contribution in [3.05, 3.63) is 0 Å². The summed E-state index contributed by atoms with van der Waals surface area (Å²) in [7, 11) is 0.186. The molecule has 1 saturated heterocycles. The Labute approximate surface area is 84.6 Å². The van der Waals surface area contributed by atoms with Gasteiger partial charge in [-0.15, -0.1) is 0 Å². The number of nitrogens with two attached hydrogens (primary N) is 1. The smallest absolute Gasteiger partial charge is 0.249 e. The summed E-state index contributed by atoms with van der Waals surface area (Å²) in [6.45, 7) is 1.84. The normalized spacial score (nSPS) is 25.5. The SMILES string of the molecule is CC1CN1P=O.NC(CO)(CO)CO. The molecule has 1 rings (SSSR count). The molecular formula is C7H17N2O4P. The summed E-state index contributed by atoms with van der Waals surface area (Å²) < 4.78 is 11.6. The van der Waals surface area contributed by atoms with Crippen LogP contribution in [0.3, 0.4) is 0 Å². The maximum absolute atomic E-state index is 9.80. The van der Waals surface area contributed by atoms with Gasteiger partial charge in [0.1, 0.15) is 0 Å². The molecule has 0 amide bonds. The van der Waals surface area contributed by atoms with Gasteiger partial charge in [0.05, 0.1) is 25.4 Å². The molecule has 14 heavy (non-hydrogen) atoms. The van der Waals surface area contributed by atoms with Crippen LogP contribution in [0.5, 0.6) is 0 Å². The van der Waals surface area contributed by atoms with Crippen molar-refractivity contribution in [2.45, 2.75) is 18.5 Å². The number of hydrogen-bond donors (Lipinski definition) is 4. The van der Waals surface area contributed by atoms with Gasteiger partial charge in [-0.25, -0.2) is 4.67 Å². The van der Waals surface area contributed by atoms with E-state index in [1.165, 1.54) is 0 Å². The minimum absolute atomic E-state index is 0.186. The van der Waals surface area contributed by atoms with Crippen LogP contribution in [-0.4, -0.2) is 57.9 Å². The second-order valence-electron chi connectivity index (χ2n) is 3.39. The summed E-state index contributed by atoms with van der Waals surface area (Å²) in [6, 6.07) is 0.573. The van der Waals surface area contributed by atoms with Crippen molar-refractivity contribution >= 4 is 8.61 Å². The molecule has 0 saturated carbocycles. The Morgan fingerprint density at radius 1 is 1.43 bits per heavy atom. The van der Waals surface area contributed by atoms with Crippen LogP contribution in [0.4, 0.5) is 0 Å². The van der Waals surface area contributed by atoms with Crippen molar-refractivity contribution in [1.29, 1.82) is 0 Å². The van der Waals surface area contributed by atoms with Crippen molar-refractivity contribution in [2.24, 2.45) is 5.73 Å². The molecule has 1 heterocycles. The third-order valence-electron chi connectivity index (χ3n) is 1.88. The lowest BCUT2D eigenvalue weighted by molar-refractivity contribution is 0.0698. The minimum atomic E-state index is -1.21. The molecular weight excluding hydrogens is 207 g/mol. The number of aliphatic hydroxyl groups excluding tert-OH is 3. The quantitative estimate of drug-likeness (QED) is 0.344. The van der Waals surface area contributed by atoms with Gasteiger partial charge >= 0.3 is 0 Å². The molecule has 0 spiro atoms. The van der Waals surface area contributed by atoms with E-state index in [1.807, 2.05) is 11.6 Å². The first kappa shape index (κ1) is 13.9. The highest BCUT2D eigenvalue weighted by atomic mass is 31.1. The number of rotatable bonds is 4. The van der Waals surface area contributed by atoms with E-state index in [0.29, 0.717) is 6.04 Å². The fourth-order valence-electron chi connectivity index (χ4n) is 0.487. The summed E-state index contributed by atoms with van der Waals surface area (Å²) >= 11 is 0. The van der Waals surface area contributed by atoms with E-state index in [1.54, 1.807) is 0 Å². The van der Waals surface area contributed by atoms with Crippen molar-refractivity contribution in [2.75, 3.05) is 26.4 Å². The van der Waals surface area contributed by atoms with E-state index in [4.69, 9.17) is 21.1 Å². The standard InChI is InChI=1S/C4H11NO3.C3H6NOP/c5-4(1-6,2-7)3-8;1-3-2-4(3)6-5/h6-8H,1-3,5H2;3H,2H2,1H3. The van der Waals surface area contributed by atoms with Crippen LogP contribution in [0, 0.1) is 0 Å². The first-order valence-corrected chi connectivity index (χ1v) is 5.01. The lowest BCUT2D eigenvalue weighted by atomic mass is 10.1. The molecule has 1 aliphatic rings. The Morgan fingerprint density at radius 2 is 1.79 bits per heavy atom. The fraction of sp³-hybridized carbons (Fsp3) is 1.00. The highest BCUT2D eigenvalue weighted by molar-refractivity contribution is 7.21. The van der Waals surface area contributed by atoms with Gasteiger partial charge in [-0.05, 0) is 6.92 Å².